The summed E-state index contributed by atoms with van der Waals surface area (Å²) in [5.41, 5.74) is 2.36. The van der Waals surface area contributed by atoms with Gasteiger partial charge in [-0.25, -0.2) is 4.68 Å². The average molecular weight is 343 g/mol. The van der Waals surface area contributed by atoms with Crippen LogP contribution in [0.25, 0.3) is 0 Å². The minimum absolute atomic E-state index is 0.00333. The first-order chi connectivity index (χ1) is 10.3. The van der Waals surface area contributed by atoms with Gasteiger partial charge in [-0.2, -0.15) is 0 Å². The molecule has 21 heavy (non-hydrogen) atoms. The van der Waals surface area contributed by atoms with Gasteiger partial charge in [-0.1, -0.05) is 76.6 Å². The zero-order valence-electron chi connectivity index (χ0n) is 11.6. The van der Waals surface area contributed by atoms with Crippen LogP contribution in [-0.2, 0) is 0 Å². The van der Waals surface area contributed by atoms with Crippen molar-refractivity contribution in [1.82, 2.24) is 20.2 Å². The van der Waals surface area contributed by atoms with Gasteiger partial charge in [-0.3, -0.25) is 0 Å². The summed E-state index contributed by atoms with van der Waals surface area (Å²) in [4.78, 5) is 0.0864. The number of hydrogen-bond acceptors (Lipinski definition) is 3. The Hall–Kier alpha value is -2.01. The molecule has 5 heteroatoms. The minimum Gasteiger partial charge on any atom is -0.221 e. The van der Waals surface area contributed by atoms with E-state index in [-0.39, 0.29) is 10.9 Å². The fraction of sp³-hybridized carbons (Fsp3) is 0.188. The Kier molecular flexibility index (Phi) is 4.10. The zero-order chi connectivity index (χ0) is 14.7. The van der Waals surface area contributed by atoms with Crippen LogP contribution in [0.2, 0.25) is 0 Å². The number of tetrazole rings is 1. The molecular formula is C16H15BrN4. The van der Waals surface area contributed by atoms with E-state index in [9.17, 15) is 0 Å². The number of aryl methyl sites for hydroxylation is 1. The second kappa shape index (κ2) is 6.18. The van der Waals surface area contributed by atoms with Crippen molar-refractivity contribution in [2.75, 3.05) is 0 Å². The molecule has 1 heterocycles. The number of rotatable bonds is 4. The molecule has 0 spiro atoms. The van der Waals surface area contributed by atoms with Crippen LogP contribution in [0.4, 0.5) is 0 Å². The SMILES string of the molecule is Cc1nnnn1[C@H](c1ccccc1)[C@@H](Br)c1ccccc1. The molecule has 1 aromatic heterocycles. The van der Waals surface area contributed by atoms with Crippen molar-refractivity contribution in [2.45, 2.75) is 17.8 Å². The first kappa shape index (κ1) is 13.9. The van der Waals surface area contributed by atoms with Crippen molar-refractivity contribution < 1.29 is 0 Å². The maximum Gasteiger partial charge on any atom is 0.148 e. The maximum absolute atomic E-state index is 4.16. The molecule has 0 aliphatic carbocycles. The molecule has 3 rings (SSSR count). The number of hydrogen-bond donors (Lipinski definition) is 0. The third-order valence-corrected chi connectivity index (χ3v) is 4.49. The minimum atomic E-state index is 0.00333. The third kappa shape index (κ3) is 2.88. The van der Waals surface area contributed by atoms with Gasteiger partial charge in [0.25, 0.3) is 0 Å². The summed E-state index contributed by atoms with van der Waals surface area (Å²) >= 11 is 3.83. The van der Waals surface area contributed by atoms with Gasteiger partial charge >= 0.3 is 0 Å². The maximum atomic E-state index is 4.16. The molecule has 0 aliphatic rings. The van der Waals surface area contributed by atoms with E-state index in [1.54, 1.807) is 0 Å². The van der Waals surface area contributed by atoms with Crippen LogP contribution >= 0.6 is 15.9 Å². The molecule has 106 valence electrons. The number of nitrogens with zero attached hydrogens (tertiary/aromatic N) is 4. The van der Waals surface area contributed by atoms with Gasteiger partial charge in [0, 0.05) is 0 Å². The number of halogens is 1. The predicted molar refractivity (Wildman–Crippen MR) is 85.2 cm³/mol. The normalized spacial score (nSPS) is 13.8. The highest BCUT2D eigenvalue weighted by atomic mass is 79.9. The average Bonchev–Trinajstić information content (AvgIpc) is 2.95. The number of alkyl halides is 1. The molecule has 0 saturated heterocycles. The van der Waals surface area contributed by atoms with Gasteiger partial charge in [0.2, 0.25) is 0 Å². The van der Waals surface area contributed by atoms with Crippen molar-refractivity contribution in [2.24, 2.45) is 0 Å². The Balaban J connectivity index is 2.07. The summed E-state index contributed by atoms with van der Waals surface area (Å²) in [6.45, 7) is 1.92. The van der Waals surface area contributed by atoms with Crippen LogP contribution < -0.4 is 0 Å². The van der Waals surface area contributed by atoms with E-state index >= 15 is 0 Å². The van der Waals surface area contributed by atoms with Gasteiger partial charge in [0.15, 0.2) is 0 Å². The Labute approximate surface area is 131 Å². The third-order valence-electron chi connectivity index (χ3n) is 3.46. The van der Waals surface area contributed by atoms with Crippen molar-refractivity contribution >= 4 is 15.9 Å². The topological polar surface area (TPSA) is 43.6 Å². The molecule has 0 radical (unpaired) electrons. The highest BCUT2D eigenvalue weighted by Gasteiger charge is 2.26. The summed E-state index contributed by atoms with van der Waals surface area (Å²) in [5, 5.41) is 12.0. The molecule has 3 aromatic rings. The molecule has 2 aromatic carbocycles. The first-order valence-corrected chi connectivity index (χ1v) is 7.67. The quantitative estimate of drug-likeness (QED) is 0.679. The smallest absolute Gasteiger partial charge is 0.148 e. The lowest BCUT2D eigenvalue weighted by Gasteiger charge is -2.24. The van der Waals surface area contributed by atoms with Gasteiger partial charge in [-0.05, 0) is 28.5 Å². The van der Waals surface area contributed by atoms with Crippen LogP contribution in [-0.4, -0.2) is 20.2 Å². The van der Waals surface area contributed by atoms with Crippen LogP contribution in [0.5, 0.6) is 0 Å². The zero-order valence-corrected chi connectivity index (χ0v) is 13.2. The van der Waals surface area contributed by atoms with Crippen molar-refractivity contribution in [1.29, 1.82) is 0 Å². The summed E-state index contributed by atoms with van der Waals surface area (Å²) in [7, 11) is 0. The van der Waals surface area contributed by atoms with Crippen LogP contribution in [0.15, 0.2) is 60.7 Å². The second-order valence-electron chi connectivity index (χ2n) is 4.84. The molecule has 0 bridgehead atoms. The molecular weight excluding hydrogens is 328 g/mol. The standard InChI is InChI=1S/C16H15BrN4/c1-12-18-19-20-21(12)16(14-10-6-3-7-11-14)15(17)13-8-4-2-5-9-13/h2-11,15-16H,1H3/t15-,16+/m0/s1. The Morgan fingerprint density at radius 3 is 2.00 bits per heavy atom. The lowest BCUT2D eigenvalue weighted by atomic mass is 9.99. The summed E-state index contributed by atoms with van der Waals surface area (Å²) in [6, 6.07) is 20.6. The van der Waals surface area contributed by atoms with Gasteiger partial charge in [0.1, 0.15) is 5.82 Å². The van der Waals surface area contributed by atoms with Crippen molar-refractivity contribution in [3.8, 4) is 0 Å². The molecule has 0 amide bonds. The number of aromatic nitrogens is 4. The monoisotopic (exact) mass is 342 g/mol. The highest BCUT2D eigenvalue weighted by Crippen LogP contribution is 2.38. The second-order valence-corrected chi connectivity index (χ2v) is 5.83. The highest BCUT2D eigenvalue weighted by molar-refractivity contribution is 9.09. The summed E-state index contributed by atoms with van der Waals surface area (Å²) in [5.74, 6) is 0.796. The fourth-order valence-corrected chi connectivity index (χ4v) is 3.23. The van der Waals surface area contributed by atoms with Gasteiger partial charge < -0.3 is 0 Å². The largest absolute Gasteiger partial charge is 0.221 e. The first-order valence-electron chi connectivity index (χ1n) is 6.76. The van der Waals surface area contributed by atoms with E-state index in [2.05, 4.69) is 55.7 Å². The Morgan fingerprint density at radius 1 is 0.905 bits per heavy atom. The van der Waals surface area contributed by atoms with E-state index in [1.807, 2.05) is 48.0 Å². The lowest BCUT2D eigenvalue weighted by Crippen LogP contribution is -2.18. The van der Waals surface area contributed by atoms with E-state index in [0.29, 0.717) is 0 Å². The van der Waals surface area contributed by atoms with Crippen LogP contribution in [0.3, 0.4) is 0 Å². The Morgan fingerprint density at radius 2 is 1.48 bits per heavy atom. The van der Waals surface area contributed by atoms with E-state index < -0.39 is 0 Å². The summed E-state index contributed by atoms with van der Waals surface area (Å²) in [6.07, 6.45) is 0. The van der Waals surface area contributed by atoms with Crippen molar-refractivity contribution in [3.05, 3.63) is 77.6 Å². The van der Waals surface area contributed by atoms with E-state index in [1.165, 1.54) is 11.1 Å². The van der Waals surface area contributed by atoms with E-state index in [4.69, 9.17) is 0 Å². The van der Waals surface area contributed by atoms with E-state index in [0.717, 1.165) is 5.82 Å². The molecule has 0 aliphatic heterocycles. The molecule has 0 fully saturated rings. The number of benzene rings is 2. The van der Waals surface area contributed by atoms with Gasteiger partial charge in [0.05, 0.1) is 10.9 Å². The van der Waals surface area contributed by atoms with Crippen molar-refractivity contribution in [3.63, 3.8) is 0 Å². The summed E-state index contributed by atoms with van der Waals surface area (Å²) < 4.78 is 1.86. The molecule has 0 N–H and O–H groups in total. The molecule has 4 nitrogen and oxygen atoms in total. The van der Waals surface area contributed by atoms with Gasteiger partial charge in [-0.15, -0.1) is 5.10 Å². The lowest BCUT2D eigenvalue weighted by molar-refractivity contribution is 0.490. The molecule has 2 atom stereocenters. The molecule has 0 unspecified atom stereocenters. The molecule has 0 saturated carbocycles. The van der Waals surface area contributed by atoms with Crippen LogP contribution in [0, 0.1) is 6.92 Å². The Bertz CT molecular complexity index is 697. The fourth-order valence-electron chi connectivity index (χ4n) is 2.40. The predicted octanol–water partition coefficient (Wildman–Crippen LogP) is 3.71. The van der Waals surface area contributed by atoms with Crippen LogP contribution in [0.1, 0.15) is 27.8 Å².